The van der Waals surface area contributed by atoms with Crippen molar-refractivity contribution in [3.8, 4) is 12.1 Å². The van der Waals surface area contributed by atoms with Crippen LogP contribution in [0.5, 0.6) is 0 Å². The Labute approximate surface area is 212 Å². The van der Waals surface area contributed by atoms with E-state index in [1.807, 2.05) is 26.0 Å². The molecule has 0 aliphatic carbocycles. The van der Waals surface area contributed by atoms with Gasteiger partial charge >= 0.3 is 66.0 Å². The number of hydrogen-bond donors (Lipinski definition) is 0. The van der Waals surface area contributed by atoms with Crippen LogP contribution >= 0.6 is 15.6 Å². The third kappa shape index (κ3) is 228000. The average Bonchev–Trinajstić information content (AvgIpc) is 2.72. The molecule has 222 valence electrons. The summed E-state index contributed by atoms with van der Waals surface area (Å²) < 4.78 is 118. The average molecular weight is 692 g/mol. The number of halogens is 12. The van der Waals surface area contributed by atoms with Crippen molar-refractivity contribution >= 4 is 15.6 Å². The van der Waals surface area contributed by atoms with E-state index >= 15 is 0 Å². The summed E-state index contributed by atoms with van der Waals surface area (Å²) in [5.74, 6) is 0. The standard InChI is InChI=1S/2C3H5N.2F6P.2Fe.6NO/c2*1-2-3-4;2*1-7(2,3,4,5)6;;;6*1-2/h2*2H2,1H3;;;;;;;;;;/q;;2*-1;;;;;;;;. The van der Waals surface area contributed by atoms with Crippen LogP contribution in [0.1, 0.15) is 26.7 Å². The molecule has 0 amide bonds. The van der Waals surface area contributed by atoms with Crippen LogP contribution in [0.4, 0.5) is 50.4 Å². The van der Waals surface area contributed by atoms with Gasteiger partial charge in [0.2, 0.25) is 0 Å². The molecule has 6 radical (unpaired) electrons. The first-order chi connectivity index (χ1) is 14.7. The Bertz CT molecular complexity index is 453. The molecule has 30 heteroatoms. The fraction of sp³-hybridized carbons (Fsp3) is 0.667. The SMILES string of the molecule is CCC#N.CCC#N.F[P-](F)(F)(F)(F)F.F[P-](F)(F)(F)(F)F.[Fe].[Fe].[N]=O.[N]=O.[N]=O.[N]=O.[N]=O.[N]=O. The van der Waals surface area contributed by atoms with Gasteiger partial charge in [-0.2, -0.15) is 10.5 Å². The van der Waals surface area contributed by atoms with E-state index in [2.05, 4.69) is 0 Å². The molecule has 0 rings (SSSR count). The zero-order valence-electron chi connectivity index (χ0n) is 16.6. The summed E-state index contributed by atoms with van der Waals surface area (Å²) in [5.41, 5.74) is 34.5. The molecular formula is C6H10F12Fe2N8O6P2-2. The Morgan fingerprint density at radius 3 is 0.444 bits per heavy atom. The summed E-state index contributed by atoms with van der Waals surface area (Å²) in [6, 6.07) is 3.86. The molecule has 0 saturated heterocycles. The molecule has 0 aliphatic heterocycles. The van der Waals surface area contributed by atoms with Crippen LogP contribution in [0.15, 0.2) is 0 Å². The van der Waals surface area contributed by atoms with Crippen LogP contribution in [0.25, 0.3) is 0 Å². The molecule has 0 aromatic rings. The first kappa shape index (κ1) is 76.5. The van der Waals surface area contributed by atoms with Crippen molar-refractivity contribution in [3.63, 3.8) is 0 Å². The molecule has 0 aromatic carbocycles. The van der Waals surface area contributed by atoms with Crippen LogP contribution in [-0.4, -0.2) is 0 Å². The normalized spacial score (nSPS) is 10.8. The van der Waals surface area contributed by atoms with Gasteiger partial charge in [0.1, 0.15) is 33.6 Å². The maximum absolute atomic E-state index is 10.7. The molecule has 0 fully saturated rings. The second kappa shape index (κ2) is 32.6. The van der Waals surface area contributed by atoms with E-state index in [-0.39, 0.29) is 34.1 Å². The summed E-state index contributed by atoms with van der Waals surface area (Å²) in [7, 11) is -21.3. The number of hydrogen-bond acceptors (Lipinski definition) is 8. The number of nitriles is 2. The van der Waals surface area contributed by atoms with Gasteiger partial charge in [-0.05, 0) is 0 Å². The van der Waals surface area contributed by atoms with E-state index in [1.54, 1.807) is 0 Å². The first-order valence-electron chi connectivity index (χ1n) is 5.69. The minimum atomic E-state index is -10.7. The van der Waals surface area contributed by atoms with E-state index in [0.29, 0.717) is 12.8 Å². The molecule has 0 atom stereocenters. The smallest absolute Gasteiger partial charge is 0.120 e. The van der Waals surface area contributed by atoms with E-state index < -0.39 is 15.6 Å². The van der Waals surface area contributed by atoms with Crippen molar-refractivity contribution in [2.75, 3.05) is 0 Å². The molecule has 0 aromatic heterocycles. The minimum absolute atomic E-state index is 0. The summed E-state index contributed by atoms with van der Waals surface area (Å²) in [6.07, 6.45) is 1.25. The van der Waals surface area contributed by atoms with E-state index in [0.717, 1.165) is 0 Å². The van der Waals surface area contributed by atoms with Gasteiger partial charge in [0.05, 0.1) is 12.1 Å². The molecule has 0 aliphatic rings. The Balaban J connectivity index is -0.0000000187. The fourth-order valence-electron chi connectivity index (χ4n) is 0. The van der Waals surface area contributed by atoms with Gasteiger partial charge in [-0.25, -0.2) is 0 Å². The van der Waals surface area contributed by atoms with Gasteiger partial charge in [-0.1, -0.05) is 13.8 Å². The molecule has 0 bridgehead atoms. The van der Waals surface area contributed by atoms with Crippen LogP contribution < -0.4 is 33.6 Å². The van der Waals surface area contributed by atoms with Crippen LogP contribution in [0.2, 0.25) is 0 Å². The summed E-state index contributed by atoms with van der Waals surface area (Å²) >= 11 is 0. The van der Waals surface area contributed by atoms with Crippen LogP contribution in [0.3, 0.4) is 0 Å². The second-order valence-corrected chi connectivity index (χ2v) is 6.77. The molecule has 0 unspecified atom stereocenters. The van der Waals surface area contributed by atoms with Crippen molar-refractivity contribution < 1.29 is 84.5 Å². The van der Waals surface area contributed by atoms with Gasteiger partial charge in [-0.15, -0.1) is 29.4 Å². The first-order valence-corrected chi connectivity index (χ1v) is 9.75. The molecule has 36 heavy (non-hydrogen) atoms. The Hall–Kier alpha value is -2.36. The minimum Gasteiger partial charge on any atom is -0.120 e. The van der Waals surface area contributed by atoms with Crippen LogP contribution in [-0.2, 0) is 34.1 Å². The quantitative estimate of drug-likeness (QED) is 0.166. The second-order valence-electron chi connectivity index (χ2n) is 2.94. The Kier molecular flexibility index (Phi) is 69.4. The third-order valence-corrected chi connectivity index (χ3v) is 0.316. The van der Waals surface area contributed by atoms with E-state index in [9.17, 15) is 50.4 Å². The third-order valence-electron chi connectivity index (χ3n) is 0.316. The van der Waals surface area contributed by atoms with Crippen molar-refractivity contribution in [1.29, 1.82) is 10.5 Å². The molecule has 14 nitrogen and oxygen atoms in total. The van der Waals surface area contributed by atoms with Gasteiger partial charge in [-0.3, -0.25) is 0 Å². The zero-order chi connectivity index (χ0) is 31.6. The van der Waals surface area contributed by atoms with E-state index in [4.69, 9.17) is 73.5 Å². The maximum Gasteiger partial charge on any atom is 0.120 e. The summed E-state index contributed by atoms with van der Waals surface area (Å²) in [4.78, 5) is 43.5. The molecule has 0 heterocycles. The zero-order valence-corrected chi connectivity index (χ0v) is 20.6. The molecule has 0 N–H and O–H groups in total. The van der Waals surface area contributed by atoms with Gasteiger partial charge in [0.15, 0.2) is 0 Å². The Morgan fingerprint density at radius 1 is 0.417 bits per heavy atom. The topological polar surface area (TPSA) is 284 Å². The monoisotopic (exact) mass is 692 g/mol. The summed E-state index contributed by atoms with van der Waals surface area (Å²) in [6.45, 7) is 3.64. The van der Waals surface area contributed by atoms with Gasteiger partial charge in [0.25, 0.3) is 0 Å². The molecular weight excluding hydrogens is 682 g/mol. The van der Waals surface area contributed by atoms with E-state index in [1.165, 1.54) is 0 Å². The van der Waals surface area contributed by atoms with Crippen molar-refractivity contribution in [2.45, 2.75) is 26.7 Å². The largest absolute Gasteiger partial charge is 0.120 e. The molecule has 0 saturated carbocycles. The van der Waals surface area contributed by atoms with Crippen molar-refractivity contribution in [3.05, 3.63) is 29.4 Å². The van der Waals surface area contributed by atoms with Crippen molar-refractivity contribution in [1.82, 2.24) is 33.6 Å². The number of nitroso groups, excluding NO2 is 6. The van der Waals surface area contributed by atoms with Gasteiger partial charge in [0, 0.05) is 47.0 Å². The number of nitrogens with zero attached hydrogens (tertiary/aromatic N) is 8. The number of rotatable bonds is 0. The maximum atomic E-state index is 9.87. The van der Waals surface area contributed by atoms with Crippen molar-refractivity contribution in [2.24, 2.45) is 0 Å². The summed E-state index contributed by atoms with van der Waals surface area (Å²) in [5, 5.41) is 15.2. The molecule has 0 spiro atoms. The Morgan fingerprint density at radius 2 is 0.444 bits per heavy atom. The predicted molar refractivity (Wildman–Crippen MR) is 92.0 cm³/mol. The fourth-order valence-corrected chi connectivity index (χ4v) is 0. The van der Waals surface area contributed by atoms with Gasteiger partial charge < -0.3 is 0 Å². The predicted octanol–water partition coefficient (Wildman–Crippen LogP) is 5.92. The van der Waals surface area contributed by atoms with Crippen LogP contribution in [0, 0.1) is 52.1 Å².